The topological polar surface area (TPSA) is 83.7 Å². The first kappa shape index (κ1) is 14.6. The number of pyridine rings is 1. The zero-order valence-electron chi connectivity index (χ0n) is 12.5. The van der Waals surface area contributed by atoms with Crippen molar-refractivity contribution in [2.24, 2.45) is 5.92 Å². The molecule has 1 fully saturated rings. The normalized spacial score (nSPS) is 25.0. The molecule has 1 amide bonds. The summed E-state index contributed by atoms with van der Waals surface area (Å²) in [6.45, 7) is 2.11. The van der Waals surface area contributed by atoms with Gasteiger partial charge >= 0.3 is 5.97 Å². The number of carbonyl (C=O) groups excluding carboxylic acids is 1. The largest absolute Gasteiger partial charge is 0.480 e. The predicted molar refractivity (Wildman–Crippen MR) is 80.7 cm³/mol. The Bertz CT molecular complexity index is 714. The van der Waals surface area contributed by atoms with Crippen LogP contribution in [0.3, 0.4) is 0 Å². The Hall–Kier alpha value is -2.37. The highest BCUT2D eigenvalue weighted by Crippen LogP contribution is 2.32. The standard InChI is InChI=1S/C16H19N3O3/c1-11-5-7-16(8-6-11,15(21)22)18-14(20)12-10-17-19-9-3-2-4-13(12)19/h2-4,9-11H,5-8H2,1H3,(H,18,20)(H,21,22). The molecule has 2 N–H and O–H groups in total. The molecule has 0 bridgehead atoms. The molecule has 6 heteroatoms. The van der Waals surface area contributed by atoms with Gasteiger partial charge in [0, 0.05) is 6.20 Å². The monoisotopic (exact) mass is 301 g/mol. The minimum atomic E-state index is -1.16. The number of carboxylic acids is 1. The van der Waals surface area contributed by atoms with Crippen LogP contribution in [-0.4, -0.2) is 32.1 Å². The quantitative estimate of drug-likeness (QED) is 0.909. The van der Waals surface area contributed by atoms with Crippen molar-refractivity contribution in [1.29, 1.82) is 0 Å². The number of carbonyl (C=O) groups is 2. The fourth-order valence-electron chi connectivity index (χ4n) is 3.04. The Balaban J connectivity index is 1.87. The Labute approximate surface area is 128 Å². The van der Waals surface area contributed by atoms with Gasteiger partial charge in [0.25, 0.3) is 5.91 Å². The van der Waals surface area contributed by atoms with Gasteiger partial charge in [-0.05, 0) is 43.7 Å². The van der Waals surface area contributed by atoms with E-state index < -0.39 is 11.5 Å². The molecule has 2 aromatic rings. The van der Waals surface area contributed by atoms with E-state index >= 15 is 0 Å². The van der Waals surface area contributed by atoms with Crippen LogP contribution in [0.25, 0.3) is 5.52 Å². The molecule has 6 nitrogen and oxygen atoms in total. The van der Waals surface area contributed by atoms with Crippen molar-refractivity contribution in [3.63, 3.8) is 0 Å². The zero-order chi connectivity index (χ0) is 15.7. The van der Waals surface area contributed by atoms with Crippen LogP contribution in [0.4, 0.5) is 0 Å². The Morgan fingerprint density at radius 3 is 2.77 bits per heavy atom. The number of amides is 1. The van der Waals surface area contributed by atoms with Crippen molar-refractivity contribution in [1.82, 2.24) is 14.9 Å². The van der Waals surface area contributed by atoms with Gasteiger partial charge in [0.2, 0.25) is 0 Å². The van der Waals surface area contributed by atoms with Gasteiger partial charge in [0.15, 0.2) is 0 Å². The number of aromatic nitrogens is 2. The Kier molecular flexibility index (Phi) is 3.60. The number of hydrogen-bond acceptors (Lipinski definition) is 3. The summed E-state index contributed by atoms with van der Waals surface area (Å²) in [6, 6.07) is 5.43. The maximum atomic E-state index is 12.6. The molecule has 0 aromatic carbocycles. The summed E-state index contributed by atoms with van der Waals surface area (Å²) in [5.41, 5.74) is -0.0864. The number of hydrogen-bond donors (Lipinski definition) is 2. The molecule has 0 atom stereocenters. The van der Waals surface area contributed by atoms with Gasteiger partial charge in [-0.25, -0.2) is 9.31 Å². The lowest BCUT2D eigenvalue weighted by molar-refractivity contribution is -0.146. The molecule has 1 aliphatic carbocycles. The number of aliphatic carboxylic acids is 1. The van der Waals surface area contributed by atoms with Crippen molar-refractivity contribution >= 4 is 17.4 Å². The van der Waals surface area contributed by atoms with E-state index in [1.807, 2.05) is 12.1 Å². The molecule has 3 rings (SSSR count). The van der Waals surface area contributed by atoms with E-state index in [9.17, 15) is 14.7 Å². The fraction of sp³-hybridized carbons (Fsp3) is 0.438. The second-order valence-electron chi connectivity index (χ2n) is 6.11. The third kappa shape index (κ3) is 2.45. The molecule has 0 unspecified atom stereocenters. The lowest BCUT2D eigenvalue weighted by atomic mass is 9.77. The van der Waals surface area contributed by atoms with Crippen molar-refractivity contribution in [3.8, 4) is 0 Å². The fourth-order valence-corrected chi connectivity index (χ4v) is 3.04. The highest BCUT2D eigenvalue weighted by molar-refractivity contribution is 6.03. The lowest BCUT2D eigenvalue weighted by Crippen LogP contribution is -2.56. The van der Waals surface area contributed by atoms with Gasteiger partial charge in [0.1, 0.15) is 5.54 Å². The van der Waals surface area contributed by atoms with E-state index in [2.05, 4.69) is 17.3 Å². The van der Waals surface area contributed by atoms with E-state index in [-0.39, 0.29) is 5.91 Å². The Morgan fingerprint density at radius 2 is 2.09 bits per heavy atom. The maximum absolute atomic E-state index is 12.6. The molecular weight excluding hydrogens is 282 g/mol. The third-order valence-electron chi connectivity index (χ3n) is 4.56. The third-order valence-corrected chi connectivity index (χ3v) is 4.56. The SMILES string of the molecule is CC1CCC(NC(=O)c2cnn3ccccc23)(C(=O)O)CC1. The number of nitrogens with zero attached hydrogens (tertiary/aromatic N) is 2. The van der Waals surface area contributed by atoms with Gasteiger partial charge in [-0.3, -0.25) is 4.79 Å². The summed E-state index contributed by atoms with van der Waals surface area (Å²) in [7, 11) is 0. The molecule has 22 heavy (non-hydrogen) atoms. The van der Waals surface area contributed by atoms with Crippen LogP contribution in [0.15, 0.2) is 30.6 Å². The highest BCUT2D eigenvalue weighted by atomic mass is 16.4. The van der Waals surface area contributed by atoms with Gasteiger partial charge in [-0.1, -0.05) is 13.0 Å². The molecule has 1 aliphatic rings. The summed E-state index contributed by atoms with van der Waals surface area (Å²) < 4.78 is 1.60. The smallest absolute Gasteiger partial charge is 0.329 e. The molecule has 0 saturated heterocycles. The molecule has 0 spiro atoms. The minimum Gasteiger partial charge on any atom is -0.480 e. The van der Waals surface area contributed by atoms with Crippen LogP contribution < -0.4 is 5.32 Å². The van der Waals surface area contributed by atoms with Gasteiger partial charge in [-0.2, -0.15) is 5.10 Å². The summed E-state index contributed by atoms with van der Waals surface area (Å²) in [6.07, 6.45) is 5.78. The van der Waals surface area contributed by atoms with Crippen LogP contribution in [0, 0.1) is 5.92 Å². The second-order valence-corrected chi connectivity index (χ2v) is 6.11. The molecule has 2 aromatic heterocycles. The molecule has 1 saturated carbocycles. The summed E-state index contributed by atoms with van der Waals surface area (Å²) in [4.78, 5) is 24.3. The van der Waals surface area contributed by atoms with Gasteiger partial charge < -0.3 is 10.4 Å². The molecule has 0 radical (unpaired) electrons. The number of rotatable bonds is 3. The van der Waals surface area contributed by atoms with Crippen molar-refractivity contribution in [2.45, 2.75) is 38.1 Å². The zero-order valence-corrected chi connectivity index (χ0v) is 12.5. The van der Waals surface area contributed by atoms with Crippen molar-refractivity contribution < 1.29 is 14.7 Å². The van der Waals surface area contributed by atoms with Gasteiger partial charge in [-0.15, -0.1) is 0 Å². The first-order chi connectivity index (χ1) is 10.5. The second kappa shape index (κ2) is 5.44. The maximum Gasteiger partial charge on any atom is 0.329 e. The molecule has 0 aliphatic heterocycles. The van der Waals surface area contributed by atoms with E-state index in [0.717, 1.165) is 12.8 Å². The summed E-state index contributed by atoms with van der Waals surface area (Å²) in [5.74, 6) is -0.830. The van der Waals surface area contributed by atoms with Crippen LogP contribution >= 0.6 is 0 Å². The first-order valence-electron chi connectivity index (χ1n) is 7.50. The van der Waals surface area contributed by atoms with Crippen molar-refractivity contribution in [2.75, 3.05) is 0 Å². The van der Waals surface area contributed by atoms with Gasteiger partial charge in [0.05, 0.1) is 17.3 Å². The average Bonchev–Trinajstić information content (AvgIpc) is 2.93. The number of fused-ring (bicyclic) bond motifs is 1. The van der Waals surface area contributed by atoms with E-state index in [1.165, 1.54) is 6.20 Å². The average molecular weight is 301 g/mol. The molecular formula is C16H19N3O3. The number of nitrogens with one attached hydrogen (secondary N) is 1. The van der Waals surface area contributed by atoms with Crippen LogP contribution in [-0.2, 0) is 4.79 Å². The van der Waals surface area contributed by atoms with E-state index in [0.29, 0.717) is 29.8 Å². The lowest BCUT2D eigenvalue weighted by Gasteiger charge is -2.36. The molecule has 2 heterocycles. The first-order valence-corrected chi connectivity index (χ1v) is 7.50. The van der Waals surface area contributed by atoms with Crippen molar-refractivity contribution in [3.05, 3.63) is 36.2 Å². The molecule has 116 valence electrons. The van der Waals surface area contributed by atoms with Crippen LogP contribution in [0.5, 0.6) is 0 Å². The predicted octanol–water partition coefficient (Wildman–Crippen LogP) is 2.10. The highest BCUT2D eigenvalue weighted by Gasteiger charge is 2.42. The summed E-state index contributed by atoms with van der Waals surface area (Å²) >= 11 is 0. The summed E-state index contributed by atoms with van der Waals surface area (Å²) in [5, 5.41) is 16.5. The number of carboxylic acid groups (broad SMARTS) is 1. The minimum absolute atomic E-state index is 0.377. The van der Waals surface area contributed by atoms with Crippen LogP contribution in [0.2, 0.25) is 0 Å². The van der Waals surface area contributed by atoms with E-state index in [4.69, 9.17) is 0 Å². The van der Waals surface area contributed by atoms with Crippen LogP contribution in [0.1, 0.15) is 43.0 Å². The Morgan fingerprint density at radius 1 is 1.36 bits per heavy atom. The van der Waals surface area contributed by atoms with E-state index in [1.54, 1.807) is 16.8 Å².